The number of rotatable bonds is 7. The summed E-state index contributed by atoms with van der Waals surface area (Å²) in [7, 11) is 0. The number of para-hydroxylation sites is 1. The van der Waals surface area contributed by atoms with Gasteiger partial charge in [-0.25, -0.2) is 9.97 Å². The van der Waals surface area contributed by atoms with Gasteiger partial charge in [0.2, 0.25) is 0 Å². The molecule has 1 aliphatic rings. The molecule has 4 aromatic rings. The molecule has 8 heteroatoms. The fourth-order valence-electron chi connectivity index (χ4n) is 4.91. The van der Waals surface area contributed by atoms with Crippen molar-refractivity contribution in [2.45, 2.75) is 45.1 Å². The van der Waals surface area contributed by atoms with Gasteiger partial charge in [-0.2, -0.15) is 0 Å². The molecule has 3 N–H and O–H groups in total. The maximum Gasteiger partial charge on any atom is 0.264 e. The van der Waals surface area contributed by atoms with Crippen molar-refractivity contribution in [3.8, 4) is 0 Å². The fraction of sp³-hybridized carbons (Fsp3) is 0.400. The van der Waals surface area contributed by atoms with E-state index in [4.69, 9.17) is 0 Å². The van der Waals surface area contributed by atoms with E-state index in [9.17, 15) is 9.90 Å². The minimum atomic E-state index is 0.0541. The predicted octanol–water partition coefficient (Wildman–Crippen LogP) is 4.51. The van der Waals surface area contributed by atoms with Gasteiger partial charge in [-0.05, 0) is 56.2 Å². The van der Waals surface area contributed by atoms with Crippen molar-refractivity contribution in [1.82, 2.24) is 19.9 Å². The topological polar surface area (TPSA) is 94.1 Å². The van der Waals surface area contributed by atoms with Crippen LogP contribution in [0.15, 0.2) is 36.8 Å². The monoisotopic (exact) mass is 463 g/mol. The summed E-state index contributed by atoms with van der Waals surface area (Å²) in [4.78, 5) is 29.3. The van der Waals surface area contributed by atoms with Crippen LogP contribution in [0.3, 0.4) is 0 Å². The zero-order valence-electron chi connectivity index (χ0n) is 18.8. The molecular weight excluding hydrogens is 434 g/mol. The Morgan fingerprint density at radius 3 is 3.06 bits per heavy atom. The van der Waals surface area contributed by atoms with Crippen LogP contribution in [-0.4, -0.2) is 56.6 Å². The number of hydrogen-bond acceptors (Lipinski definition) is 6. The number of fused-ring (bicyclic) bond motifs is 2. The van der Waals surface area contributed by atoms with Crippen LogP contribution in [0.2, 0.25) is 0 Å². The molecular formula is C25H29N5O2S. The Balaban J connectivity index is 1.37. The molecule has 0 aliphatic carbocycles. The van der Waals surface area contributed by atoms with Gasteiger partial charge in [0.05, 0.1) is 10.3 Å². The fourth-order valence-corrected chi connectivity index (χ4v) is 6.02. The molecule has 1 aromatic carbocycles. The number of H-pyrrole nitrogens is 1. The second-order valence-corrected chi connectivity index (χ2v) is 9.65. The molecule has 0 bridgehead atoms. The largest absolute Gasteiger partial charge is 0.396 e. The summed E-state index contributed by atoms with van der Waals surface area (Å²) in [5.74, 6) is 0.830. The molecule has 3 aromatic heterocycles. The van der Waals surface area contributed by atoms with Crippen molar-refractivity contribution in [3.05, 3.63) is 52.8 Å². The first-order chi connectivity index (χ1) is 16.2. The second kappa shape index (κ2) is 9.49. The number of aromatic nitrogens is 3. The number of thiophene rings is 1. The average molecular weight is 464 g/mol. The zero-order chi connectivity index (χ0) is 22.8. The second-order valence-electron chi connectivity index (χ2n) is 8.66. The van der Waals surface area contributed by atoms with Gasteiger partial charge in [0.15, 0.2) is 0 Å². The Morgan fingerprint density at radius 2 is 2.18 bits per heavy atom. The minimum absolute atomic E-state index is 0.0541. The number of anilines is 1. The smallest absolute Gasteiger partial charge is 0.264 e. The molecule has 0 saturated carbocycles. The Labute approximate surface area is 196 Å². The van der Waals surface area contributed by atoms with Gasteiger partial charge in [0.1, 0.15) is 17.0 Å². The molecule has 1 amide bonds. The van der Waals surface area contributed by atoms with E-state index in [1.165, 1.54) is 22.3 Å². The summed E-state index contributed by atoms with van der Waals surface area (Å²) in [6.45, 7) is 3.58. The van der Waals surface area contributed by atoms with E-state index in [0.29, 0.717) is 6.42 Å². The molecule has 172 valence electrons. The highest BCUT2D eigenvalue weighted by Gasteiger charge is 2.30. The number of nitrogens with zero attached hydrogens (tertiary/aromatic N) is 3. The van der Waals surface area contributed by atoms with Crippen LogP contribution in [0.1, 0.15) is 46.5 Å². The first kappa shape index (κ1) is 21.9. The SMILES string of the molecule is Cc1c(C(=O)N2CCCC[C@@H]2CCO)sc2ncnc(NCCc3c[nH]c4ccccc34)c12. The Bertz CT molecular complexity index is 1280. The quantitative estimate of drug-likeness (QED) is 0.375. The van der Waals surface area contributed by atoms with E-state index in [1.807, 2.05) is 17.9 Å². The van der Waals surface area contributed by atoms with Gasteiger partial charge in [-0.1, -0.05) is 18.2 Å². The molecule has 7 nitrogen and oxygen atoms in total. The number of aliphatic hydroxyl groups excluding tert-OH is 1. The van der Waals surface area contributed by atoms with Crippen molar-refractivity contribution >= 4 is 44.2 Å². The summed E-state index contributed by atoms with van der Waals surface area (Å²) in [6.07, 6.45) is 8.20. The lowest BCUT2D eigenvalue weighted by Crippen LogP contribution is -2.44. The molecule has 1 fully saturated rings. The maximum atomic E-state index is 13.5. The number of piperidine rings is 1. The van der Waals surface area contributed by atoms with Crippen LogP contribution < -0.4 is 5.32 Å². The Hall–Kier alpha value is -2.97. The Kier molecular flexibility index (Phi) is 6.28. The molecule has 0 spiro atoms. The number of aliphatic hydroxyl groups is 1. The molecule has 33 heavy (non-hydrogen) atoms. The van der Waals surface area contributed by atoms with E-state index >= 15 is 0 Å². The third-order valence-corrected chi connectivity index (χ3v) is 7.82. The lowest BCUT2D eigenvalue weighted by Gasteiger charge is -2.35. The van der Waals surface area contributed by atoms with Crippen molar-refractivity contribution in [3.63, 3.8) is 0 Å². The lowest BCUT2D eigenvalue weighted by atomic mass is 9.99. The van der Waals surface area contributed by atoms with E-state index < -0.39 is 0 Å². The van der Waals surface area contributed by atoms with E-state index in [1.54, 1.807) is 6.33 Å². The van der Waals surface area contributed by atoms with Crippen LogP contribution in [0, 0.1) is 6.92 Å². The first-order valence-electron chi connectivity index (χ1n) is 11.6. The average Bonchev–Trinajstić information content (AvgIpc) is 3.41. The first-order valence-corrected chi connectivity index (χ1v) is 12.4. The highest BCUT2D eigenvalue weighted by atomic mass is 32.1. The molecule has 1 aliphatic heterocycles. The molecule has 5 rings (SSSR count). The Morgan fingerprint density at radius 1 is 1.30 bits per heavy atom. The van der Waals surface area contributed by atoms with Crippen molar-refractivity contribution in [2.75, 3.05) is 25.0 Å². The third kappa shape index (κ3) is 4.20. The predicted molar refractivity (Wildman–Crippen MR) is 133 cm³/mol. The number of aromatic amines is 1. The van der Waals surface area contributed by atoms with Crippen molar-refractivity contribution < 1.29 is 9.90 Å². The van der Waals surface area contributed by atoms with E-state index in [-0.39, 0.29) is 18.6 Å². The highest BCUT2D eigenvalue weighted by molar-refractivity contribution is 7.20. The normalized spacial score (nSPS) is 16.5. The zero-order valence-corrected chi connectivity index (χ0v) is 19.6. The summed E-state index contributed by atoms with van der Waals surface area (Å²) < 4.78 is 0. The lowest BCUT2D eigenvalue weighted by molar-refractivity contribution is 0.0579. The van der Waals surface area contributed by atoms with Gasteiger partial charge < -0.3 is 20.3 Å². The summed E-state index contributed by atoms with van der Waals surface area (Å²) in [5, 5.41) is 15.1. The number of benzene rings is 1. The number of aryl methyl sites for hydroxylation is 1. The van der Waals surface area contributed by atoms with Crippen molar-refractivity contribution in [2.24, 2.45) is 0 Å². The van der Waals surface area contributed by atoms with Crippen LogP contribution in [-0.2, 0) is 6.42 Å². The standard InChI is InChI=1S/C25H29N5O2S/c1-16-21-23(26-11-9-17-14-27-20-8-3-2-7-19(17)20)28-15-29-24(21)33-22(16)25(32)30-12-5-4-6-18(30)10-13-31/h2-3,7-8,14-15,18,27,31H,4-6,9-13H2,1H3,(H,26,28,29)/t18-/m1/s1. The summed E-state index contributed by atoms with van der Waals surface area (Å²) in [5.41, 5.74) is 3.34. The number of carbonyl (C=O) groups excluding carboxylic acids is 1. The number of hydrogen-bond donors (Lipinski definition) is 3. The van der Waals surface area contributed by atoms with Gasteiger partial charge in [-0.15, -0.1) is 11.3 Å². The number of likely N-dealkylation sites (tertiary alicyclic amines) is 1. The number of carbonyl (C=O) groups is 1. The van der Waals surface area contributed by atoms with Gasteiger partial charge >= 0.3 is 0 Å². The van der Waals surface area contributed by atoms with Crippen LogP contribution >= 0.6 is 11.3 Å². The molecule has 1 atom stereocenters. The molecule has 0 radical (unpaired) electrons. The van der Waals surface area contributed by atoms with Gasteiger partial charge in [0.25, 0.3) is 5.91 Å². The molecule has 4 heterocycles. The third-order valence-electron chi connectivity index (χ3n) is 6.63. The summed E-state index contributed by atoms with van der Waals surface area (Å²) in [6, 6.07) is 8.42. The summed E-state index contributed by atoms with van der Waals surface area (Å²) >= 11 is 1.44. The number of nitrogens with one attached hydrogen (secondary N) is 2. The van der Waals surface area contributed by atoms with E-state index in [2.05, 4.69) is 44.7 Å². The maximum absolute atomic E-state index is 13.5. The number of amides is 1. The van der Waals surface area contributed by atoms with Crippen LogP contribution in [0.4, 0.5) is 5.82 Å². The molecule has 1 saturated heterocycles. The van der Waals surface area contributed by atoms with Gasteiger partial charge in [0, 0.05) is 42.8 Å². The minimum Gasteiger partial charge on any atom is -0.396 e. The van der Waals surface area contributed by atoms with E-state index in [0.717, 1.165) is 70.8 Å². The van der Waals surface area contributed by atoms with Crippen molar-refractivity contribution in [1.29, 1.82) is 0 Å². The molecule has 0 unspecified atom stereocenters. The highest BCUT2D eigenvalue weighted by Crippen LogP contribution is 2.35. The van der Waals surface area contributed by atoms with Crippen LogP contribution in [0.25, 0.3) is 21.1 Å². The van der Waals surface area contributed by atoms with Gasteiger partial charge in [-0.3, -0.25) is 4.79 Å². The van der Waals surface area contributed by atoms with Crippen LogP contribution in [0.5, 0.6) is 0 Å².